The molecule has 40 heavy (non-hydrogen) atoms. The Labute approximate surface area is 237 Å². The number of likely N-dealkylation sites (tertiary alicyclic amines) is 1. The molecular weight excluding hydrogens is 522 g/mol. The number of rotatable bonds is 6. The number of piperidine rings is 1. The van der Waals surface area contributed by atoms with Crippen molar-refractivity contribution < 1.29 is 14.3 Å². The summed E-state index contributed by atoms with van der Waals surface area (Å²) in [6.45, 7) is 3.84. The molecule has 0 bridgehead atoms. The van der Waals surface area contributed by atoms with Crippen molar-refractivity contribution in [3.63, 3.8) is 0 Å². The van der Waals surface area contributed by atoms with E-state index in [1.54, 1.807) is 11.1 Å². The molecule has 4 heterocycles. The van der Waals surface area contributed by atoms with Gasteiger partial charge in [-0.15, -0.1) is 11.3 Å². The minimum Gasteiger partial charge on any atom is -0.457 e. The highest BCUT2D eigenvalue weighted by molar-refractivity contribution is 7.21. The van der Waals surface area contributed by atoms with Gasteiger partial charge in [-0.25, -0.2) is 9.78 Å². The van der Waals surface area contributed by atoms with Crippen molar-refractivity contribution >= 4 is 50.6 Å². The van der Waals surface area contributed by atoms with Gasteiger partial charge in [-0.2, -0.15) is 0 Å². The monoisotopic (exact) mass is 553 g/mol. The summed E-state index contributed by atoms with van der Waals surface area (Å²) in [6.07, 6.45) is 6.10. The molecular formula is C31H31N5O3S. The molecule has 0 spiro atoms. The van der Waals surface area contributed by atoms with Crippen LogP contribution in [0.3, 0.4) is 0 Å². The zero-order chi connectivity index (χ0) is 27.4. The molecule has 1 atom stereocenters. The Hall–Kier alpha value is -3.95. The number of urea groups is 1. The molecule has 3 aliphatic rings. The standard InChI is InChI=1S/C31H31N5O3S/c1-18-16-21(39-25-8-4-3-7-22(25)19-9-10-19)11-12-23(18)36-24-13-14-32-30-26(24)27(34-31(36)38)28(40-30)29(37)33-20-6-5-15-35(2)17-20/h3-4,7-8,11-14,16,19-20H,5-6,9-10,15,17H2,1-2H3,(H,33,37)(H,34,38). The Balaban J connectivity index is 1.19. The van der Waals surface area contributed by atoms with E-state index in [9.17, 15) is 9.59 Å². The number of benzene rings is 2. The summed E-state index contributed by atoms with van der Waals surface area (Å²) in [7, 11) is 2.07. The van der Waals surface area contributed by atoms with Crippen LogP contribution in [0.25, 0.3) is 10.2 Å². The molecule has 2 aliphatic heterocycles. The van der Waals surface area contributed by atoms with E-state index in [1.165, 1.54) is 29.7 Å². The summed E-state index contributed by atoms with van der Waals surface area (Å²) in [5.41, 5.74) is 4.16. The van der Waals surface area contributed by atoms with Crippen molar-refractivity contribution in [3.05, 3.63) is 70.7 Å². The third kappa shape index (κ3) is 4.49. The summed E-state index contributed by atoms with van der Waals surface area (Å²) in [4.78, 5) is 36.6. The predicted octanol–water partition coefficient (Wildman–Crippen LogP) is 6.78. The number of hydrogen-bond donors (Lipinski definition) is 2. The molecule has 2 aromatic carbocycles. The number of likely N-dealkylation sites (N-methyl/N-ethyl adjacent to an activating group) is 1. The first kappa shape index (κ1) is 25.0. The Morgan fingerprint density at radius 2 is 1.98 bits per heavy atom. The molecule has 1 saturated heterocycles. The Kier molecular flexibility index (Phi) is 6.20. The second kappa shape index (κ2) is 9.91. The Bertz CT molecular complexity index is 1650. The molecule has 1 saturated carbocycles. The van der Waals surface area contributed by atoms with Crippen LogP contribution < -0.4 is 20.3 Å². The number of amides is 3. The van der Waals surface area contributed by atoms with Gasteiger partial charge in [-0.3, -0.25) is 9.69 Å². The van der Waals surface area contributed by atoms with Crippen LogP contribution in [0.5, 0.6) is 11.5 Å². The van der Waals surface area contributed by atoms with E-state index in [0.29, 0.717) is 22.2 Å². The lowest BCUT2D eigenvalue weighted by Crippen LogP contribution is -2.46. The number of aromatic nitrogens is 1. The van der Waals surface area contributed by atoms with Gasteiger partial charge in [-0.05, 0) is 93.6 Å². The fourth-order valence-corrected chi connectivity index (χ4v) is 6.92. The SMILES string of the molecule is Cc1cc(Oc2ccccc2C2CC2)ccc1N1C(=O)Nc2c(C(=O)NC3CCCN(C)C3)sc3nccc1c23. The molecule has 4 aromatic rings. The van der Waals surface area contributed by atoms with Crippen LogP contribution in [-0.4, -0.2) is 48.0 Å². The normalized spacial score (nSPS) is 19.0. The van der Waals surface area contributed by atoms with Crippen molar-refractivity contribution in [2.75, 3.05) is 30.4 Å². The van der Waals surface area contributed by atoms with Gasteiger partial charge >= 0.3 is 6.03 Å². The van der Waals surface area contributed by atoms with Crippen LogP contribution in [0, 0.1) is 6.92 Å². The number of hydrogen-bond acceptors (Lipinski definition) is 6. The third-order valence-electron chi connectivity index (χ3n) is 7.99. The number of carbonyl (C=O) groups excluding carboxylic acids is 2. The number of para-hydroxylation sites is 1. The van der Waals surface area contributed by atoms with Gasteiger partial charge in [0.2, 0.25) is 0 Å². The van der Waals surface area contributed by atoms with Crippen molar-refractivity contribution in [1.29, 1.82) is 0 Å². The number of ether oxygens (including phenoxy) is 1. The highest BCUT2D eigenvalue weighted by Crippen LogP contribution is 2.47. The lowest BCUT2D eigenvalue weighted by atomic mass is 10.1. The van der Waals surface area contributed by atoms with Crippen LogP contribution in [-0.2, 0) is 0 Å². The van der Waals surface area contributed by atoms with Crippen LogP contribution in [0.2, 0.25) is 0 Å². The van der Waals surface area contributed by atoms with Gasteiger partial charge in [0.25, 0.3) is 5.91 Å². The molecule has 1 unspecified atom stereocenters. The van der Waals surface area contributed by atoms with Crippen molar-refractivity contribution in [2.45, 2.75) is 44.6 Å². The highest BCUT2D eigenvalue weighted by atomic mass is 32.1. The van der Waals surface area contributed by atoms with Crippen LogP contribution in [0.1, 0.15) is 52.4 Å². The van der Waals surface area contributed by atoms with E-state index in [-0.39, 0.29) is 18.0 Å². The first-order valence-corrected chi connectivity index (χ1v) is 14.7. The number of aryl methyl sites for hydroxylation is 1. The first-order valence-electron chi connectivity index (χ1n) is 13.9. The molecule has 7 rings (SSSR count). The fraction of sp³-hybridized carbons (Fsp3) is 0.323. The molecule has 3 amide bonds. The van der Waals surface area contributed by atoms with Gasteiger partial charge in [-0.1, -0.05) is 18.2 Å². The maximum absolute atomic E-state index is 13.6. The topological polar surface area (TPSA) is 86.8 Å². The molecule has 8 nitrogen and oxygen atoms in total. The van der Waals surface area contributed by atoms with E-state index in [0.717, 1.165) is 58.9 Å². The first-order chi connectivity index (χ1) is 19.5. The van der Waals surface area contributed by atoms with E-state index in [1.807, 2.05) is 43.3 Å². The molecule has 1 aliphatic carbocycles. The van der Waals surface area contributed by atoms with E-state index >= 15 is 0 Å². The second-order valence-electron chi connectivity index (χ2n) is 11.0. The summed E-state index contributed by atoms with van der Waals surface area (Å²) < 4.78 is 6.30. The Morgan fingerprint density at radius 1 is 1.12 bits per heavy atom. The van der Waals surface area contributed by atoms with Gasteiger partial charge in [0, 0.05) is 18.8 Å². The molecule has 204 valence electrons. The number of nitrogens with one attached hydrogen (secondary N) is 2. The van der Waals surface area contributed by atoms with Crippen LogP contribution in [0.4, 0.5) is 21.9 Å². The number of carbonyl (C=O) groups is 2. The van der Waals surface area contributed by atoms with Gasteiger partial charge < -0.3 is 20.3 Å². The number of nitrogens with zero attached hydrogens (tertiary/aromatic N) is 3. The largest absolute Gasteiger partial charge is 0.457 e. The molecule has 2 aromatic heterocycles. The minimum absolute atomic E-state index is 0.0894. The highest BCUT2D eigenvalue weighted by Gasteiger charge is 2.34. The number of pyridine rings is 1. The third-order valence-corrected chi connectivity index (χ3v) is 9.08. The summed E-state index contributed by atoms with van der Waals surface area (Å²) in [5, 5.41) is 6.98. The van der Waals surface area contributed by atoms with Crippen LogP contribution >= 0.6 is 11.3 Å². The predicted molar refractivity (Wildman–Crippen MR) is 158 cm³/mol. The minimum atomic E-state index is -0.305. The van der Waals surface area contributed by atoms with E-state index in [4.69, 9.17) is 4.74 Å². The average molecular weight is 554 g/mol. The zero-order valence-electron chi connectivity index (χ0n) is 22.6. The van der Waals surface area contributed by atoms with Crippen molar-refractivity contribution in [1.82, 2.24) is 15.2 Å². The van der Waals surface area contributed by atoms with E-state index in [2.05, 4.69) is 39.7 Å². The smallest absolute Gasteiger partial charge is 0.331 e. The Morgan fingerprint density at radius 3 is 2.77 bits per heavy atom. The maximum atomic E-state index is 13.6. The maximum Gasteiger partial charge on any atom is 0.331 e. The summed E-state index contributed by atoms with van der Waals surface area (Å²) in [6, 6.07) is 15.6. The lowest BCUT2D eigenvalue weighted by molar-refractivity contribution is 0.0917. The summed E-state index contributed by atoms with van der Waals surface area (Å²) in [5.74, 6) is 2.04. The number of anilines is 3. The van der Waals surface area contributed by atoms with Gasteiger partial charge in [0.05, 0.1) is 22.4 Å². The molecule has 9 heteroatoms. The van der Waals surface area contributed by atoms with Crippen molar-refractivity contribution in [2.24, 2.45) is 0 Å². The molecule has 2 N–H and O–H groups in total. The van der Waals surface area contributed by atoms with Gasteiger partial charge in [0.15, 0.2) is 0 Å². The fourth-order valence-electron chi connectivity index (χ4n) is 5.89. The van der Waals surface area contributed by atoms with Gasteiger partial charge in [0.1, 0.15) is 21.2 Å². The van der Waals surface area contributed by atoms with E-state index < -0.39 is 0 Å². The number of thiophene rings is 1. The average Bonchev–Trinajstić information content (AvgIpc) is 3.72. The lowest BCUT2D eigenvalue weighted by Gasteiger charge is -2.31. The van der Waals surface area contributed by atoms with Crippen molar-refractivity contribution in [3.8, 4) is 11.5 Å². The second-order valence-corrected chi connectivity index (χ2v) is 12.0. The quantitative estimate of drug-likeness (QED) is 0.275. The molecule has 2 fully saturated rings. The van der Waals surface area contributed by atoms with Crippen LogP contribution in [0.15, 0.2) is 54.7 Å². The summed E-state index contributed by atoms with van der Waals surface area (Å²) >= 11 is 1.32. The molecule has 0 radical (unpaired) electrons. The zero-order valence-corrected chi connectivity index (χ0v) is 23.4.